The third-order valence-corrected chi connectivity index (χ3v) is 2.10. The van der Waals surface area contributed by atoms with Crippen molar-refractivity contribution in [3.8, 4) is 0 Å². The van der Waals surface area contributed by atoms with Crippen molar-refractivity contribution in [2.75, 3.05) is 5.73 Å². The average Bonchev–Trinajstić information content (AvgIpc) is 2.58. The van der Waals surface area contributed by atoms with E-state index >= 15 is 0 Å². The van der Waals surface area contributed by atoms with Gasteiger partial charge in [-0.25, -0.2) is 19.1 Å². The topological polar surface area (TPSA) is 118 Å². The molecule has 0 atom stereocenters. The Hall–Kier alpha value is -2.57. The number of nitrogen functional groups attached to an aromatic ring is 1. The van der Waals surface area contributed by atoms with E-state index in [-0.39, 0.29) is 16.7 Å². The smallest absolute Gasteiger partial charge is 0.417 e. The molecule has 1 heterocycles. The van der Waals surface area contributed by atoms with Crippen LogP contribution in [0.2, 0.25) is 0 Å². The number of hydrogen-bond acceptors (Lipinski definition) is 4. The summed E-state index contributed by atoms with van der Waals surface area (Å²) in [6, 6.07) is 4.50. The molecule has 2 rings (SSSR count). The largest absolute Gasteiger partial charge is 0.475 e. The molecule has 0 fully saturated rings. The van der Waals surface area contributed by atoms with Gasteiger partial charge >= 0.3 is 12.1 Å². The van der Waals surface area contributed by atoms with E-state index in [2.05, 4.69) is 4.98 Å². The van der Waals surface area contributed by atoms with Crippen molar-refractivity contribution in [2.24, 2.45) is 0 Å². The number of fused-ring (bicyclic) bond motifs is 1. The number of nitrogens with zero attached hydrogens (tertiary/aromatic N) is 2. The molecule has 7 nitrogen and oxygen atoms in total. The van der Waals surface area contributed by atoms with E-state index in [1.807, 2.05) is 0 Å². The van der Waals surface area contributed by atoms with Crippen LogP contribution in [0, 0.1) is 0 Å². The molecular weight excluding hydrogens is 214 g/mol. The Morgan fingerprint density at radius 3 is 2.56 bits per heavy atom. The van der Waals surface area contributed by atoms with Gasteiger partial charge in [0, 0.05) is 0 Å². The van der Waals surface area contributed by atoms with E-state index in [9.17, 15) is 9.59 Å². The van der Waals surface area contributed by atoms with Gasteiger partial charge in [-0.05, 0) is 12.1 Å². The lowest BCUT2D eigenvalue weighted by atomic mass is 10.3. The second-order valence-electron chi connectivity index (χ2n) is 3.07. The van der Waals surface area contributed by atoms with E-state index in [1.54, 1.807) is 0 Å². The number of hydrogen-bond donors (Lipinski definition) is 3. The lowest BCUT2D eigenvalue weighted by Gasteiger charge is -1.98. The zero-order valence-electron chi connectivity index (χ0n) is 7.91. The molecule has 0 aliphatic carbocycles. The highest BCUT2D eigenvalue weighted by Gasteiger charge is 2.21. The Morgan fingerprint density at radius 1 is 1.31 bits per heavy atom. The molecule has 0 radical (unpaired) electrons. The molecule has 0 bridgehead atoms. The van der Waals surface area contributed by atoms with Gasteiger partial charge in [-0.1, -0.05) is 6.07 Å². The molecule has 0 spiro atoms. The van der Waals surface area contributed by atoms with Crippen molar-refractivity contribution in [1.29, 1.82) is 0 Å². The standard InChI is InChI=1S/C9H7N3O4/c10-4-2-1-3-5-6(4)11-7(8(13)14)12(5)9(15)16/h1-3H,10H2,(H,13,14)(H,15,16). The molecule has 2 aromatic rings. The van der Waals surface area contributed by atoms with Crippen molar-refractivity contribution in [3.63, 3.8) is 0 Å². The van der Waals surface area contributed by atoms with Crippen LogP contribution in [0.4, 0.5) is 10.5 Å². The van der Waals surface area contributed by atoms with Gasteiger partial charge in [0.05, 0.1) is 11.2 Å². The van der Waals surface area contributed by atoms with Crippen molar-refractivity contribution >= 4 is 28.8 Å². The van der Waals surface area contributed by atoms with Crippen LogP contribution in [0.1, 0.15) is 10.6 Å². The monoisotopic (exact) mass is 221 g/mol. The summed E-state index contributed by atoms with van der Waals surface area (Å²) in [6.07, 6.45) is -1.41. The van der Waals surface area contributed by atoms with Crippen LogP contribution in [0.5, 0.6) is 0 Å². The number of aromatic nitrogens is 2. The molecule has 0 aliphatic heterocycles. The molecule has 16 heavy (non-hydrogen) atoms. The van der Waals surface area contributed by atoms with Gasteiger partial charge in [-0.2, -0.15) is 0 Å². The third kappa shape index (κ3) is 1.26. The lowest BCUT2D eigenvalue weighted by Crippen LogP contribution is -2.15. The van der Waals surface area contributed by atoms with Crippen LogP contribution in [-0.4, -0.2) is 31.8 Å². The van der Waals surface area contributed by atoms with E-state index in [4.69, 9.17) is 15.9 Å². The van der Waals surface area contributed by atoms with Gasteiger partial charge < -0.3 is 15.9 Å². The summed E-state index contributed by atoms with van der Waals surface area (Å²) >= 11 is 0. The number of para-hydroxylation sites is 1. The number of rotatable bonds is 1. The highest BCUT2D eigenvalue weighted by Crippen LogP contribution is 2.21. The number of carbonyl (C=O) groups is 2. The Bertz CT molecular complexity index is 602. The zero-order valence-corrected chi connectivity index (χ0v) is 7.91. The summed E-state index contributed by atoms with van der Waals surface area (Å²) in [5.74, 6) is -1.99. The summed E-state index contributed by atoms with van der Waals surface area (Å²) in [7, 11) is 0. The Kier molecular flexibility index (Phi) is 2.01. The van der Waals surface area contributed by atoms with Crippen LogP contribution in [0.3, 0.4) is 0 Å². The first-order valence-electron chi connectivity index (χ1n) is 4.26. The van der Waals surface area contributed by atoms with E-state index in [0.29, 0.717) is 4.57 Å². The van der Waals surface area contributed by atoms with Crippen LogP contribution in [0.15, 0.2) is 18.2 Å². The van der Waals surface area contributed by atoms with Crippen molar-refractivity contribution in [2.45, 2.75) is 0 Å². The van der Waals surface area contributed by atoms with Crippen LogP contribution >= 0.6 is 0 Å². The molecule has 7 heteroatoms. The number of anilines is 1. The third-order valence-electron chi connectivity index (χ3n) is 2.10. The summed E-state index contributed by atoms with van der Waals surface area (Å²) in [5, 5.41) is 17.7. The van der Waals surface area contributed by atoms with Crippen molar-refractivity contribution in [3.05, 3.63) is 24.0 Å². The average molecular weight is 221 g/mol. The maximum atomic E-state index is 10.9. The van der Waals surface area contributed by atoms with Gasteiger partial charge in [-0.3, -0.25) is 0 Å². The second kappa shape index (κ2) is 3.23. The van der Waals surface area contributed by atoms with Crippen molar-refractivity contribution in [1.82, 2.24) is 9.55 Å². The SMILES string of the molecule is Nc1cccc2c1nc(C(=O)O)n2C(=O)O. The summed E-state index contributed by atoms with van der Waals surface area (Å²) in [5.41, 5.74) is 6.14. The fourth-order valence-corrected chi connectivity index (χ4v) is 1.46. The number of carboxylic acid groups (broad SMARTS) is 2. The van der Waals surface area contributed by atoms with Gasteiger partial charge in [0.25, 0.3) is 0 Å². The minimum Gasteiger partial charge on any atom is -0.475 e. The zero-order chi connectivity index (χ0) is 11.9. The van der Waals surface area contributed by atoms with E-state index < -0.39 is 17.9 Å². The molecule has 0 unspecified atom stereocenters. The van der Waals surface area contributed by atoms with Crippen molar-refractivity contribution < 1.29 is 19.8 Å². The van der Waals surface area contributed by atoms with Crippen LogP contribution < -0.4 is 5.73 Å². The van der Waals surface area contributed by atoms with Gasteiger partial charge in [-0.15, -0.1) is 0 Å². The molecule has 0 saturated heterocycles. The lowest BCUT2D eigenvalue weighted by molar-refractivity contribution is 0.0678. The fraction of sp³-hybridized carbons (Fsp3) is 0. The number of imidazole rings is 1. The maximum absolute atomic E-state index is 10.9. The normalized spacial score (nSPS) is 10.5. The summed E-state index contributed by atoms with van der Waals surface area (Å²) in [6.45, 7) is 0. The van der Waals surface area contributed by atoms with Crippen LogP contribution in [-0.2, 0) is 0 Å². The highest BCUT2D eigenvalue weighted by molar-refractivity contribution is 5.99. The molecule has 4 N–H and O–H groups in total. The Balaban J connectivity index is 2.92. The summed E-state index contributed by atoms with van der Waals surface area (Å²) in [4.78, 5) is 25.4. The first-order chi connectivity index (χ1) is 7.52. The Labute approximate surface area is 88.7 Å². The predicted molar refractivity (Wildman–Crippen MR) is 54.5 cm³/mol. The first-order valence-corrected chi connectivity index (χ1v) is 4.26. The Morgan fingerprint density at radius 2 is 2.00 bits per heavy atom. The maximum Gasteiger partial charge on any atom is 0.417 e. The quantitative estimate of drug-likeness (QED) is 0.614. The molecule has 1 aromatic carbocycles. The molecule has 82 valence electrons. The molecule has 0 amide bonds. The molecule has 0 saturated carbocycles. The van der Waals surface area contributed by atoms with Gasteiger partial charge in [0.2, 0.25) is 5.82 Å². The van der Waals surface area contributed by atoms with Gasteiger partial charge in [0.1, 0.15) is 5.52 Å². The highest BCUT2D eigenvalue weighted by atomic mass is 16.4. The molecule has 0 aliphatic rings. The fourth-order valence-electron chi connectivity index (χ4n) is 1.46. The molecular formula is C9H7N3O4. The van der Waals surface area contributed by atoms with E-state index in [0.717, 1.165) is 0 Å². The first kappa shape index (κ1) is 9.97. The second-order valence-corrected chi connectivity index (χ2v) is 3.07. The van der Waals surface area contributed by atoms with Crippen LogP contribution in [0.25, 0.3) is 11.0 Å². The minimum atomic E-state index is -1.42. The number of carboxylic acids is 1. The number of aromatic carboxylic acids is 1. The number of benzene rings is 1. The molecule has 1 aromatic heterocycles. The van der Waals surface area contributed by atoms with Gasteiger partial charge in [0.15, 0.2) is 0 Å². The van der Waals surface area contributed by atoms with E-state index in [1.165, 1.54) is 18.2 Å². The predicted octanol–water partition coefficient (Wildman–Crippen LogP) is 0.843. The summed E-state index contributed by atoms with van der Waals surface area (Å²) < 4.78 is 0.591. The number of nitrogens with two attached hydrogens (primary N) is 1. The minimum absolute atomic E-state index is 0.157.